The number of halogens is 1. The van der Waals surface area contributed by atoms with Gasteiger partial charge in [0.1, 0.15) is 16.8 Å². The summed E-state index contributed by atoms with van der Waals surface area (Å²) in [6, 6.07) is 4.21. The fourth-order valence-electron chi connectivity index (χ4n) is 1.64. The van der Waals surface area contributed by atoms with Crippen LogP contribution in [0.2, 0.25) is 0 Å². The van der Waals surface area contributed by atoms with Gasteiger partial charge in [-0.05, 0) is 38.0 Å². The van der Waals surface area contributed by atoms with Crippen molar-refractivity contribution in [2.24, 2.45) is 5.73 Å². The van der Waals surface area contributed by atoms with Crippen LogP contribution in [0.1, 0.15) is 25.3 Å². The van der Waals surface area contributed by atoms with Crippen LogP contribution in [0, 0.1) is 5.82 Å². The van der Waals surface area contributed by atoms with E-state index in [0.29, 0.717) is 11.6 Å². The standard InChI is InChI=1S/C13H16FN3OS/c1-7(13(18)17-9-3-4-9)16-11-5-2-8(12(15)19)6-10(11)14/h2,5-7,9,16H,3-4H2,1H3,(H2,15,19)(H,17,18). The molecular weight excluding hydrogens is 265 g/mol. The first-order chi connectivity index (χ1) is 8.97. The van der Waals surface area contributed by atoms with Crippen LogP contribution in [0.25, 0.3) is 0 Å². The topological polar surface area (TPSA) is 67.1 Å². The molecule has 1 amide bonds. The van der Waals surface area contributed by atoms with E-state index in [1.54, 1.807) is 13.0 Å². The highest BCUT2D eigenvalue weighted by Crippen LogP contribution is 2.20. The van der Waals surface area contributed by atoms with Crippen LogP contribution >= 0.6 is 12.2 Å². The number of nitrogens with one attached hydrogen (secondary N) is 2. The molecule has 0 saturated heterocycles. The third-order valence-electron chi connectivity index (χ3n) is 2.94. The van der Waals surface area contributed by atoms with E-state index in [1.165, 1.54) is 12.1 Å². The van der Waals surface area contributed by atoms with Crippen molar-refractivity contribution < 1.29 is 9.18 Å². The molecule has 4 N–H and O–H groups in total. The van der Waals surface area contributed by atoms with Gasteiger partial charge in [-0.25, -0.2) is 4.39 Å². The highest BCUT2D eigenvalue weighted by molar-refractivity contribution is 7.80. The van der Waals surface area contributed by atoms with Gasteiger partial charge in [0, 0.05) is 11.6 Å². The van der Waals surface area contributed by atoms with Gasteiger partial charge in [0.2, 0.25) is 5.91 Å². The number of thiocarbonyl (C=S) groups is 1. The monoisotopic (exact) mass is 281 g/mol. The van der Waals surface area contributed by atoms with Crippen LogP contribution < -0.4 is 16.4 Å². The molecule has 0 aromatic heterocycles. The van der Waals surface area contributed by atoms with Gasteiger partial charge < -0.3 is 16.4 Å². The predicted molar refractivity (Wildman–Crippen MR) is 76.5 cm³/mol. The molecule has 1 atom stereocenters. The van der Waals surface area contributed by atoms with E-state index in [2.05, 4.69) is 10.6 Å². The van der Waals surface area contributed by atoms with Crippen LogP contribution in [-0.2, 0) is 4.79 Å². The zero-order valence-corrected chi connectivity index (χ0v) is 11.4. The van der Waals surface area contributed by atoms with E-state index in [4.69, 9.17) is 18.0 Å². The van der Waals surface area contributed by atoms with E-state index < -0.39 is 11.9 Å². The first-order valence-electron chi connectivity index (χ1n) is 6.13. The van der Waals surface area contributed by atoms with Crippen molar-refractivity contribution in [2.75, 3.05) is 5.32 Å². The van der Waals surface area contributed by atoms with Crippen LogP contribution in [0.15, 0.2) is 18.2 Å². The summed E-state index contributed by atoms with van der Waals surface area (Å²) < 4.78 is 13.8. The van der Waals surface area contributed by atoms with Gasteiger partial charge >= 0.3 is 0 Å². The summed E-state index contributed by atoms with van der Waals surface area (Å²) in [5.74, 6) is -0.600. The molecule has 1 aliphatic rings. The van der Waals surface area contributed by atoms with Crippen molar-refractivity contribution in [1.82, 2.24) is 5.32 Å². The van der Waals surface area contributed by atoms with Gasteiger partial charge in [-0.3, -0.25) is 4.79 Å². The minimum atomic E-state index is -0.495. The van der Waals surface area contributed by atoms with Gasteiger partial charge in [-0.15, -0.1) is 0 Å². The molecule has 1 unspecified atom stereocenters. The molecule has 4 nitrogen and oxygen atoms in total. The fraction of sp³-hybridized carbons (Fsp3) is 0.385. The van der Waals surface area contributed by atoms with Gasteiger partial charge in [-0.2, -0.15) is 0 Å². The Balaban J connectivity index is 2.01. The van der Waals surface area contributed by atoms with Gasteiger partial charge in [0.05, 0.1) is 5.69 Å². The molecular formula is C13H16FN3OS. The maximum atomic E-state index is 13.8. The Morgan fingerprint density at radius 3 is 2.74 bits per heavy atom. The lowest BCUT2D eigenvalue weighted by Crippen LogP contribution is -2.38. The van der Waals surface area contributed by atoms with Crippen molar-refractivity contribution in [3.8, 4) is 0 Å². The van der Waals surface area contributed by atoms with Crippen molar-refractivity contribution >= 4 is 28.8 Å². The zero-order valence-electron chi connectivity index (χ0n) is 10.6. The molecule has 0 aliphatic heterocycles. The second kappa shape index (κ2) is 5.52. The lowest BCUT2D eigenvalue weighted by atomic mass is 10.2. The van der Waals surface area contributed by atoms with Crippen molar-refractivity contribution in [3.63, 3.8) is 0 Å². The zero-order chi connectivity index (χ0) is 14.0. The Morgan fingerprint density at radius 2 is 2.21 bits per heavy atom. The minimum Gasteiger partial charge on any atom is -0.389 e. The second-order valence-corrected chi connectivity index (χ2v) is 5.15. The maximum absolute atomic E-state index is 13.8. The van der Waals surface area contributed by atoms with Crippen LogP contribution in [-0.4, -0.2) is 23.0 Å². The number of hydrogen-bond donors (Lipinski definition) is 3. The van der Waals surface area contributed by atoms with Gasteiger partial charge in [-0.1, -0.05) is 12.2 Å². The van der Waals surface area contributed by atoms with E-state index in [1.807, 2.05) is 0 Å². The van der Waals surface area contributed by atoms with E-state index >= 15 is 0 Å². The first kappa shape index (κ1) is 13.7. The summed E-state index contributed by atoms with van der Waals surface area (Å²) in [6.07, 6.45) is 2.05. The summed E-state index contributed by atoms with van der Waals surface area (Å²) in [5.41, 5.74) is 6.15. The number of nitrogens with two attached hydrogens (primary N) is 1. The van der Waals surface area contributed by atoms with Crippen molar-refractivity contribution in [2.45, 2.75) is 31.8 Å². The summed E-state index contributed by atoms with van der Waals surface area (Å²) in [5, 5.41) is 5.70. The van der Waals surface area contributed by atoms with E-state index in [-0.39, 0.29) is 16.6 Å². The van der Waals surface area contributed by atoms with Gasteiger partial charge in [0.15, 0.2) is 0 Å². The fourth-order valence-corrected chi connectivity index (χ4v) is 1.77. The Bertz CT molecular complexity index is 517. The molecule has 1 aliphatic carbocycles. The molecule has 102 valence electrons. The molecule has 2 rings (SSSR count). The van der Waals surface area contributed by atoms with Crippen LogP contribution in [0.3, 0.4) is 0 Å². The normalized spacial score (nSPS) is 15.7. The third-order valence-corrected chi connectivity index (χ3v) is 3.18. The SMILES string of the molecule is CC(Nc1ccc(C(N)=S)cc1F)C(=O)NC1CC1. The molecule has 0 heterocycles. The number of carbonyl (C=O) groups excluding carboxylic acids is 1. The molecule has 0 radical (unpaired) electrons. The lowest BCUT2D eigenvalue weighted by molar-refractivity contribution is -0.121. The number of hydrogen-bond acceptors (Lipinski definition) is 3. The summed E-state index contributed by atoms with van der Waals surface area (Å²) in [4.78, 5) is 11.9. The average molecular weight is 281 g/mol. The van der Waals surface area contributed by atoms with E-state index in [0.717, 1.165) is 12.8 Å². The molecule has 1 aromatic rings. The van der Waals surface area contributed by atoms with Crippen molar-refractivity contribution in [1.29, 1.82) is 0 Å². The minimum absolute atomic E-state index is 0.125. The van der Waals surface area contributed by atoms with Crippen LogP contribution in [0.4, 0.5) is 10.1 Å². The van der Waals surface area contributed by atoms with Crippen LogP contribution in [0.5, 0.6) is 0 Å². The summed E-state index contributed by atoms with van der Waals surface area (Å²) >= 11 is 4.78. The molecule has 1 aromatic carbocycles. The molecule has 1 fully saturated rings. The first-order valence-corrected chi connectivity index (χ1v) is 6.54. The number of amides is 1. The number of rotatable bonds is 5. The third kappa shape index (κ3) is 3.64. The summed E-state index contributed by atoms with van der Waals surface area (Å²) in [6.45, 7) is 1.69. The molecule has 19 heavy (non-hydrogen) atoms. The Labute approximate surface area is 116 Å². The predicted octanol–water partition coefficient (Wildman–Crippen LogP) is 1.54. The molecule has 0 spiro atoms. The van der Waals surface area contributed by atoms with Gasteiger partial charge in [0.25, 0.3) is 0 Å². The highest BCUT2D eigenvalue weighted by atomic mass is 32.1. The molecule has 1 saturated carbocycles. The Kier molecular flexibility index (Phi) is 3.99. The number of anilines is 1. The lowest BCUT2D eigenvalue weighted by Gasteiger charge is -2.16. The second-order valence-electron chi connectivity index (χ2n) is 4.71. The number of carbonyl (C=O) groups is 1. The smallest absolute Gasteiger partial charge is 0.242 e. The molecule has 0 bridgehead atoms. The number of benzene rings is 1. The quantitative estimate of drug-likeness (QED) is 0.716. The van der Waals surface area contributed by atoms with E-state index in [9.17, 15) is 9.18 Å². The highest BCUT2D eigenvalue weighted by Gasteiger charge is 2.25. The molecule has 6 heteroatoms. The Hall–Kier alpha value is -1.69. The summed E-state index contributed by atoms with van der Waals surface area (Å²) in [7, 11) is 0. The van der Waals surface area contributed by atoms with Crippen molar-refractivity contribution in [3.05, 3.63) is 29.6 Å². The maximum Gasteiger partial charge on any atom is 0.242 e. The largest absolute Gasteiger partial charge is 0.389 e. The average Bonchev–Trinajstić information content (AvgIpc) is 3.15. The Morgan fingerprint density at radius 1 is 1.53 bits per heavy atom.